The van der Waals surface area contributed by atoms with E-state index in [9.17, 15) is 8.42 Å². The normalized spacial score (nSPS) is 13.4. The molecule has 122 valence electrons. The molecule has 0 saturated heterocycles. The van der Waals surface area contributed by atoms with Gasteiger partial charge in [0.25, 0.3) is 0 Å². The maximum absolute atomic E-state index is 12.3. The number of nitrogens with zero attached hydrogens (tertiary/aromatic N) is 1. The lowest BCUT2D eigenvalue weighted by atomic mass is 9.95. The molecule has 0 fully saturated rings. The number of aliphatic hydroxyl groups is 1. The lowest BCUT2D eigenvalue weighted by Gasteiger charge is -2.15. The summed E-state index contributed by atoms with van der Waals surface area (Å²) in [6.45, 7) is 3.56. The van der Waals surface area contributed by atoms with Gasteiger partial charge >= 0.3 is 0 Å². The maximum Gasteiger partial charge on any atom is 0.245 e. The van der Waals surface area contributed by atoms with Gasteiger partial charge in [-0.05, 0) is 55.0 Å². The molecule has 2 aromatic heterocycles. The van der Waals surface area contributed by atoms with Crippen LogP contribution in [0.3, 0.4) is 0 Å². The van der Waals surface area contributed by atoms with Gasteiger partial charge in [-0.3, -0.25) is 0 Å². The van der Waals surface area contributed by atoms with Crippen LogP contribution >= 0.6 is 11.3 Å². The van der Waals surface area contributed by atoms with E-state index in [1.165, 1.54) is 0 Å². The molecule has 2 heterocycles. The number of aromatic nitrogens is 1. The van der Waals surface area contributed by atoms with Gasteiger partial charge in [0.15, 0.2) is 5.76 Å². The van der Waals surface area contributed by atoms with E-state index in [0.717, 1.165) is 5.56 Å². The Labute approximate surface area is 134 Å². The van der Waals surface area contributed by atoms with Crippen LogP contribution in [0, 0.1) is 13.8 Å². The molecule has 0 amide bonds. The van der Waals surface area contributed by atoms with Crippen molar-refractivity contribution in [1.29, 1.82) is 0 Å². The molecule has 0 saturated carbocycles. The van der Waals surface area contributed by atoms with Gasteiger partial charge < -0.3 is 9.63 Å². The van der Waals surface area contributed by atoms with Crippen molar-refractivity contribution in [3.05, 3.63) is 33.8 Å². The minimum atomic E-state index is -3.62. The summed E-state index contributed by atoms with van der Waals surface area (Å²) in [5.41, 5.74) is 1.49. The summed E-state index contributed by atoms with van der Waals surface area (Å²) in [6, 6.07) is 2.01. The van der Waals surface area contributed by atoms with E-state index in [-0.39, 0.29) is 23.2 Å². The molecule has 2 aromatic rings. The summed E-state index contributed by atoms with van der Waals surface area (Å²) >= 11 is 1.59. The summed E-state index contributed by atoms with van der Waals surface area (Å²) in [5.74, 6) is 0.429. The number of hydrogen-bond acceptors (Lipinski definition) is 6. The summed E-state index contributed by atoms with van der Waals surface area (Å²) in [6.07, 6.45) is 1.24. The molecule has 2 N–H and O–H groups in total. The van der Waals surface area contributed by atoms with E-state index in [4.69, 9.17) is 9.63 Å². The Morgan fingerprint density at radius 3 is 2.73 bits per heavy atom. The molecular formula is C14H20N2O4S2. The molecular weight excluding hydrogens is 324 g/mol. The third-order valence-electron chi connectivity index (χ3n) is 3.51. The average molecular weight is 344 g/mol. The highest BCUT2D eigenvalue weighted by Crippen LogP contribution is 2.25. The molecule has 0 bridgehead atoms. The highest BCUT2D eigenvalue weighted by atomic mass is 32.2. The van der Waals surface area contributed by atoms with Gasteiger partial charge in [-0.15, -0.1) is 0 Å². The van der Waals surface area contributed by atoms with Crippen LogP contribution in [0.1, 0.15) is 35.8 Å². The molecule has 6 nitrogen and oxygen atoms in total. The predicted octanol–water partition coefficient (Wildman–Crippen LogP) is 2.19. The van der Waals surface area contributed by atoms with Crippen molar-refractivity contribution in [2.24, 2.45) is 0 Å². The van der Waals surface area contributed by atoms with Crippen LogP contribution < -0.4 is 4.72 Å². The van der Waals surface area contributed by atoms with Crippen molar-refractivity contribution >= 4 is 21.4 Å². The predicted molar refractivity (Wildman–Crippen MR) is 84.5 cm³/mol. The molecule has 8 heteroatoms. The summed E-state index contributed by atoms with van der Waals surface area (Å²) in [4.78, 5) is 0.113. The lowest BCUT2D eigenvalue weighted by molar-refractivity contribution is 0.273. The van der Waals surface area contributed by atoms with Crippen molar-refractivity contribution in [3.8, 4) is 0 Å². The first-order valence-electron chi connectivity index (χ1n) is 7.01. The first-order chi connectivity index (χ1) is 10.5. The highest BCUT2D eigenvalue weighted by molar-refractivity contribution is 7.89. The van der Waals surface area contributed by atoms with E-state index in [1.807, 2.05) is 16.8 Å². The van der Waals surface area contributed by atoms with Crippen LogP contribution in [0.2, 0.25) is 0 Å². The molecule has 0 aliphatic rings. The lowest BCUT2D eigenvalue weighted by Crippen LogP contribution is -2.26. The molecule has 0 radical (unpaired) electrons. The maximum atomic E-state index is 12.3. The Bertz CT molecular complexity index is 673. The third kappa shape index (κ3) is 3.95. The Hall–Kier alpha value is -1.22. The van der Waals surface area contributed by atoms with Gasteiger partial charge in [0.2, 0.25) is 10.0 Å². The van der Waals surface area contributed by atoms with Crippen molar-refractivity contribution in [2.75, 3.05) is 13.2 Å². The fraction of sp³-hybridized carbons (Fsp3) is 0.500. The van der Waals surface area contributed by atoms with Crippen molar-refractivity contribution in [3.63, 3.8) is 0 Å². The average Bonchev–Trinajstić information content (AvgIpc) is 3.08. The molecule has 0 spiro atoms. The SMILES string of the molecule is Cc1noc(C)c1S(=O)(=O)NCC[C@H](CCO)c1ccsc1. The van der Waals surface area contributed by atoms with Gasteiger partial charge in [-0.25, -0.2) is 13.1 Å². The van der Waals surface area contributed by atoms with E-state index in [0.29, 0.717) is 25.1 Å². The zero-order valence-electron chi connectivity index (χ0n) is 12.6. The van der Waals surface area contributed by atoms with Crippen LogP contribution in [0.4, 0.5) is 0 Å². The van der Waals surface area contributed by atoms with E-state index < -0.39 is 10.0 Å². The number of aliphatic hydroxyl groups excluding tert-OH is 1. The fourth-order valence-corrected chi connectivity index (χ4v) is 4.55. The molecule has 0 aromatic carbocycles. The Morgan fingerprint density at radius 2 is 2.18 bits per heavy atom. The molecule has 0 aliphatic heterocycles. The number of hydrogen-bond donors (Lipinski definition) is 2. The molecule has 2 rings (SSSR count). The van der Waals surface area contributed by atoms with Crippen molar-refractivity contribution in [1.82, 2.24) is 9.88 Å². The summed E-state index contributed by atoms with van der Waals surface area (Å²) in [7, 11) is -3.62. The van der Waals surface area contributed by atoms with Gasteiger partial charge in [0, 0.05) is 13.2 Å². The van der Waals surface area contributed by atoms with Crippen LogP contribution in [-0.2, 0) is 10.0 Å². The zero-order valence-corrected chi connectivity index (χ0v) is 14.2. The van der Waals surface area contributed by atoms with Crippen molar-refractivity contribution < 1.29 is 18.0 Å². The highest BCUT2D eigenvalue weighted by Gasteiger charge is 2.24. The van der Waals surface area contributed by atoms with Gasteiger partial charge in [-0.1, -0.05) is 5.16 Å². The number of sulfonamides is 1. The summed E-state index contributed by atoms with van der Waals surface area (Å²) < 4.78 is 32.1. The molecule has 0 aliphatic carbocycles. The topological polar surface area (TPSA) is 92.4 Å². The van der Waals surface area contributed by atoms with E-state index >= 15 is 0 Å². The van der Waals surface area contributed by atoms with Gasteiger partial charge in [0.1, 0.15) is 10.6 Å². The van der Waals surface area contributed by atoms with E-state index in [1.54, 1.807) is 25.2 Å². The van der Waals surface area contributed by atoms with Gasteiger partial charge in [-0.2, -0.15) is 11.3 Å². The van der Waals surface area contributed by atoms with E-state index in [2.05, 4.69) is 9.88 Å². The number of nitrogens with one attached hydrogen (secondary N) is 1. The van der Waals surface area contributed by atoms with Crippen molar-refractivity contribution in [2.45, 2.75) is 37.5 Å². The Kier molecular flexibility index (Phi) is 5.74. The zero-order chi connectivity index (χ0) is 16.2. The quantitative estimate of drug-likeness (QED) is 0.766. The molecule has 0 unspecified atom stereocenters. The minimum Gasteiger partial charge on any atom is -0.396 e. The molecule has 1 atom stereocenters. The third-order valence-corrected chi connectivity index (χ3v) is 5.92. The second-order valence-electron chi connectivity index (χ2n) is 5.11. The minimum absolute atomic E-state index is 0.0805. The first kappa shape index (κ1) is 17.1. The molecule has 22 heavy (non-hydrogen) atoms. The summed E-state index contributed by atoms with van der Waals surface area (Å²) in [5, 5.41) is 16.8. The van der Waals surface area contributed by atoms with Crippen LogP contribution in [0.15, 0.2) is 26.2 Å². The standard InChI is InChI=1S/C14H20N2O4S2/c1-10-14(11(2)20-16-10)22(18,19)15-6-3-12(4-7-17)13-5-8-21-9-13/h5,8-9,12,15,17H,3-4,6-7H2,1-2H3/t12-/m1/s1. The second-order valence-corrected chi connectivity index (χ2v) is 7.59. The first-order valence-corrected chi connectivity index (χ1v) is 9.43. The number of rotatable bonds is 8. The van der Waals surface area contributed by atoms with Crippen LogP contribution in [0.5, 0.6) is 0 Å². The fourth-order valence-electron chi connectivity index (χ4n) is 2.44. The van der Waals surface area contributed by atoms with Crippen LogP contribution in [-0.4, -0.2) is 31.8 Å². The largest absolute Gasteiger partial charge is 0.396 e. The monoisotopic (exact) mass is 344 g/mol. The second kappa shape index (κ2) is 7.36. The number of aryl methyl sites for hydroxylation is 2. The van der Waals surface area contributed by atoms with Gasteiger partial charge in [0.05, 0.1) is 0 Å². The van der Waals surface area contributed by atoms with Crippen LogP contribution in [0.25, 0.3) is 0 Å². The number of thiophene rings is 1. The Morgan fingerprint density at radius 1 is 1.41 bits per heavy atom. The Balaban J connectivity index is 2.00. The smallest absolute Gasteiger partial charge is 0.245 e.